The van der Waals surface area contributed by atoms with Gasteiger partial charge in [-0.15, -0.1) is 0 Å². The molecule has 3 aromatic heterocycles. The van der Waals surface area contributed by atoms with Crippen molar-refractivity contribution in [3.05, 3.63) is 52.8 Å². The Bertz CT molecular complexity index is 722. The first kappa shape index (κ1) is 12.1. The van der Waals surface area contributed by atoms with Gasteiger partial charge in [0, 0.05) is 24.3 Å². The standard InChI is InChI=1S/C13H12BrN5/c1-9-3-2-4-10(17-9)7-16-12-13-15-5-6-19(13)8-11(14)18-12/h2-6,8H,7H2,1H3,(H,16,18). The fraction of sp³-hybridized carbons (Fsp3) is 0.154. The van der Waals surface area contributed by atoms with Gasteiger partial charge in [0.15, 0.2) is 11.5 Å². The van der Waals surface area contributed by atoms with Gasteiger partial charge in [-0.25, -0.2) is 9.97 Å². The van der Waals surface area contributed by atoms with Crippen molar-refractivity contribution in [2.75, 3.05) is 5.32 Å². The number of halogens is 1. The molecule has 0 aromatic carbocycles. The summed E-state index contributed by atoms with van der Waals surface area (Å²) in [4.78, 5) is 13.1. The summed E-state index contributed by atoms with van der Waals surface area (Å²) in [5.41, 5.74) is 2.79. The molecule has 0 saturated carbocycles. The second-order valence-corrected chi connectivity index (χ2v) is 5.01. The van der Waals surface area contributed by atoms with E-state index >= 15 is 0 Å². The first-order chi connectivity index (χ1) is 9.22. The van der Waals surface area contributed by atoms with Crippen molar-refractivity contribution in [2.24, 2.45) is 0 Å². The van der Waals surface area contributed by atoms with Gasteiger partial charge in [0.25, 0.3) is 0 Å². The van der Waals surface area contributed by atoms with Gasteiger partial charge in [-0.1, -0.05) is 6.07 Å². The molecule has 19 heavy (non-hydrogen) atoms. The highest BCUT2D eigenvalue weighted by Gasteiger charge is 2.06. The Kier molecular flexibility index (Phi) is 3.16. The lowest BCUT2D eigenvalue weighted by atomic mass is 10.3. The topological polar surface area (TPSA) is 55.1 Å². The Labute approximate surface area is 118 Å². The number of aromatic nitrogens is 4. The average molecular weight is 318 g/mol. The van der Waals surface area contributed by atoms with Crippen molar-refractivity contribution in [3.63, 3.8) is 0 Å². The van der Waals surface area contributed by atoms with Crippen LogP contribution in [0.1, 0.15) is 11.4 Å². The van der Waals surface area contributed by atoms with Crippen molar-refractivity contribution in [1.29, 1.82) is 0 Å². The summed E-state index contributed by atoms with van der Waals surface area (Å²) >= 11 is 3.39. The van der Waals surface area contributed by atoms with Crippen LogP contribution in [-0.4, -0.2) is 19.4 Å². The summed E-state index contributed by atoms with van der Waals surface area (Å²) in [6.07, 6.45) is 5.51. The lowest BCUT2D eigenvalue weighted by Crippen LogP contribution is -2.06. The number of imidazole rings is 1. The molecule has 0 aliphatic rings. The van der Waals surface area contributed by atoms with E-state index < -0.39 is 0 Å². The number of hydrogen-bond acceptors (Lipinski definition) is 4. The zero-order valence-electron chi connectivity index (χ0n) is 10.3. The quantitative estimate of drug-likeness (QED) is 0.807. The summed E-state index contributed by atoms with van der Waals surface area (Å²) < 4.78 is 2.68. The van der Waals surface area contributed by atoms with Crippen LogP contribution in [-0.2, 0) is 6.54 Å². The highest BCUT2D eigenvalue weighted by atomic mass is 79.9. The number of fused-ring (bicyclic) bond motifs is 1. The molecule has 0 spiro atoms. The average Bonchev–Trinajstić information content (AvgIpc) is 2.84. The number of rotatable bonds is 3. The number of nitrogens with zero attached hydrogens (tertiary/aromatic N) is 4. The molecule has 0 amide bonds. The molecule has 3 heterocycles. The van der Waals surface area contributed by atoms with Crippen molar-refractivity contribution in [3.8, 4) is 0 Å². The maximum Gasteiger partial charge on any atom is 0.180 e. The van der Waals surface area contributed by atoms with Crippen molar-refractivity contribution >= 4 is 27.4 Å². The van der Waals surface area contributed by atoms with Crippen LogP contribution < -0.4 is 5.32 Å². The first-order valence-electron chi connectivity index (χ1n) is 5.88. The third-order valence-corrected chi connectivity index (χ3v) is 3.11. The molecule has 0 unspecified atom stereocenters. The molecule has 0 radical (unpaired) electrons. The minimum Gasteiger partial charge on any atom is -0.361 e. The molecule has 3 aromatic rings. The molecule has 0 saturated heterocycles. The lowest BCUT2D eigenvalue weighted by Gasteiger charge is -2.07. The predicted molar refractivity (Wildman–Crippen MR) is 77.0 cm³/mol. The van der Waals surface area contributed by atoms with Gasteiger partial charge in [-0.05, 0) is 35.0 Å². The van der Waals surface area contributed by atoms with Gasteiger partial charge in [0.2, 0.25) is 0 Å². The van der Waals surface area contributed by atoms with E-state index in [0.29, 0.717) is 6.54 Å². The molecule has 3 rings (SSSR count). The van der Waals surface area contributed by atoms with Crippen LogP contribution >= 0.6 is 15.9 Å². The predicted octanol–water partition coefficient (Wildman–Crippen LogP) is 2.81. The van der Waals surface area contributed by atoms with Gasteiger partial charge in [-0.3, -0.25) is 4.98 Å². The lowest BCUT2D eigenvalue weighted by molar-refractivity contribution is 0.992. The third kappa shape index (κ3) is 2.58. The van der Waals surface area contributed by atoms with Crippen LogP contribution in [0.4, 0.5) is 5.82 Å². The highest BCUT2D eigenvalue weighted by Crippen LogP contribution is 2.17. The van der Waals surface area contributed by atoms with Gasteiger partial charge >= 0.3 is 0 Å². The van der Waals surface area contributed by atoms with Crippen LogP contribution in [0.25, 0.3) is 5.65 Å². The van der Waals surface area contributed by atoms with Gasteiger partial charge < -0.3 is 9.72 Å². The van der Waals surface area contributed by atoms with E-state index in [1.54, 1.807) is 6.20 Å². The summed E-state index contributed by atoms with van der Waals surface area (Å²) in [6.45, 7) is 2.60. The molecule has 96 valence electrons. The third-order valence-electron chi connectivity index (χ3n) is 2.73. The van der Waals surface area contributed by atoms with Gasteiger partial charge in [0.05, 0.1) is 12.2 Å². The SMILES string of the molecule is Cc1cccc(CNc2nc(Br)cn3ccnc23)n1. The second-order valence-electron chi connectivity index (χ2n) is 4.19. The Morgan fingerprint density at radius 2 is 2.21 bits per heavy atom. The number of anilines is 1. The van der Waals surface area contributed by atoms with Crippen molar-refractivity contribution in [2.45, 2.75) is 13.5 Å². The summed E-state index contributed by atoms with van der Waals surface area (Å²) in [7, 11) is 0. The molecule has 1 N–H and O–H groups in total. The minimum atomic E-state index is 0.619. The number of nitrogens with one attached hydrogen (secondary N) is 1. The molecule has 6 heteroatoms. The van der Waals surface area contributed by atoms with E-state index in [0.717, 1.165) is 27.5 Å². The Morgan fingerprint density at radius 1 is 1.32 bits per heavy atom. The minimum absolute atomic E-state index is 0.619. The molecule has 0 atom stereocenters. The van der Waals surface area contributed by atoms with E-state index in [1.165, 1.54) is 0 Å². The molecule has 0 fully saturated rings. The molecule has 0 aliphatic carbocycles. The van der Waals surface area contributed by atoms with Crippen LogP contribution in [0.5, 0.6) is 0 Å². The monoisotopic (exact) mass is 317 g/mol. The van der Waals surface area contributed by atoms with Crippen LogP contribution in [0.3, 0.4) is 0 Å². The van der Waals surface area contributed by atoms with Gasteiger partial charge in [-0.2, -0.15) is 0 Å². The Balaban J connectivity index is 1.87. The van der Waals surface area contributed by atoms with Gasteiger partial charge in [0.1, 0.15) is 4.60 Å². The first-order valence-corrected chi connectivity index (χ1v) is 6.67. The van der Waals surface area contributed by atoms with E-state index in [4.69, 9.17) is 0 Å². The number of hydrogen-bond donors (Lipinski definition) is 1. The molecule has 0 bridgehead atoms. The zero-order chi connectivity index (χ0) is 13.2. The molecule has 5 nitrogen and oxygen atoms in total. The second kappa shape index (κ2) is 4.97. The fourth-order valence-electron chi connectivity index (χ4n) is 1.89. The number of pyridine rings is 1. The molecule has 0 aliphatic heterocycles. The van der Waals surface area contributed by atoms with Crippen LogP contribution in [0, 0.1) is 6.92 Å². The largest absolute Gasteiger partial charge is 0.361 e. The van der Waals surface area contributed by atoms with E-state index in [2.05, 4.69) is 36.2 Å². The van der Waals surface area contributed by atoms with E-state index in [1.807, 2.05) is 41.9 Å². The molecular formula is C13H12BrN5. The zero-order valence-corrected chi connectivity index (χ0v) is 11.9. The normalized spacial score (nSPS) is 10.8. The maximum atomic E-state index is 4.45. The number of aryl methyl sites for hydroxylation is 1. The summed E-state index contributed by atoms with van der Waals surface area (Å²) in [5.74, 6) is 0.739. The Morgan fingerprint density at radius 3 is 3.05 bits per heavy atom. The van der Waals surface area contributed by atoms with Crippen molar-refractivity contribution in [1.82, 2.24) is 19.4 Å². The summed E-state index contributed by atoms with van der Waals surface area (Å²) in [5, 5.41) is 3.27. The van der Waals surface area contributed by atoms with E-state index in [9.17, 15) is 0 Å². The highest BCUT2D eigenvalue weighted by molar-refractivity contribution is 9.10. The maximum absolute atomic E-state index is 4.45. The smallest absolute Gasteiger partial charge is 0.180 e. The van der Waals surface area contributed by atoms with Crippen LogP contribution in [0.15, 0.2) is 41.4 Å². The summed E-state index contributed by atoms with van der Waals surface area (Å²) in [6, 6.07) is 5.97. The Hall–Kier alpha value is -1.95. The fourth-order valence-corrected chi connectivity index (χ4v) is 2.29. The molecular weight excluding hydrogens is 306 g/mol. The van der Waals surface area contributed by atoms with Crippen LogP contribution in [0.2, 0.25) is 0 Å². The van der Waals surface area contributed by atoms with Crippen molar-refractivity contribution < 1.29 is 0 Å². The van der Waals surface area contributed by atoms with E-state index in [-0.39, 0.29) is 0 Å².